The molecule has 0 aromatic heterocycles. The molecule has 1 aromatic rings. The van der Waals surface area contributed by atoms with E-state index in [0.717, 1.165) is 19.3 Å². The molecule has 4 saturated carbocycles. The molecule has 1 N–H and O–H groups in total. The monoisotopic (exact) mass is 369 g/mol. The highest BCUT2D eigenvalue weighted by atomic mass is 19.1. The van der Waals surface area contributed by atoms with Crippen molar-refractivity contribution in [1.82, 2.24) is 4.90 Å². The summed E-state index contributed by atoms with van der Waals surface area (Å²) in [4.78, 5) is 27.3. The van der Waals surface area contributed by atoms with Crippen LogP contribution in [-0.4, -0.2) is 27.2 Å². The highest BCUT2D eigenvalue weighted by Gasteiger charge is 2.59. The van der Waals surface area contributed by atoms with Gasteiger partial charge in [-0.3, -0.25) is 9.59 Å². The average Bonchev–Trinajstić information content (AvgIpc) is 2.86. The van der Waals surface area contributed by atoms with Crippen molar-refractivity contribution in [3.63, 3.8) is 0 Å². The Kier molecular flexibility index (Phi) is 3.56. The maximum Gasteiger partial charge on any atom is 0.290 e. The standard InChI is InChI=1S/C22H24FNO3/c1-12(25)18-19(16-3-2-4-17(23)8-16)24(21(27)20(18)26)22-9-13-5-14(10-22)7-15(6-13)11-22/h2-4,8,13-15,19,26H,5-7,9-11H2,1H3/t13?,14?,15?,19-,22?/m1/s1. The van der Waals surface area contributed by atoms with E-state index in [9.17, 15) is 19.1 Å². The fourth-order valence-electron chi connectivity index (χ4n) is 6.81. The van der Waals surface area contributed by atoms with Crippen molar-refractivity contribution in [3.05, 3.63) is 47.0 Å². The van der Waals surface area contributed by atoms with Crippen LogP contribution >= 0.6 is 0 Å². The second-order valence-corrected chi connectivity index (χ2v) is 9.09. The van der Waals surface area contributed by atoms with E-state index in [1.54, 1.807) is 17.0 Å². The van der Waals surface area contributed by atoms with Crippen molar-refractivity contribution in [2.75, 3.05) is 0 Å². The number of ketones is 1. The molecule has 4 bridgehead atoms. The van der Waals surface area contributed by atoms with Gasteiger partial charge in [0.25, 0.3) is 5.91 Å². The van der Waals surface area contributed by atoms with Crippen LogP contribution in [0.15, 0.2) is 35.6 Å². The molecule has 1 aliphatic heterocycles. The summed E-state index contributed by atoms with van der Waals surface area (Å²) in [6.07, 6.45) is 6.46. The van der Waals surface area contributed by atoms with Gasteiger partial charge in [0, 0.05) is 5.54 Å². The largest absolute Gasteiger partial charge is 0.503 e. The summed E-state index contributed by atoms with van der Waals surface area (Å²) in [6.45, 7) is 1.37. The molecule has 0 saturated heterocycles. The van der Waals surface area contributed by atoms with Crippen LogP contribution in [0.1, 0.15) is 57.1 Å². The number of carbonyl (C=O) groups is 2. The van der Waals surface area contributed by atoms with Gasteiger partial charge in [0.1, 0.15) is 5.82 Å². The van der Waals surface area contributed by atoms with Crippen molar-refractivity contribution in [1.29, 1.82) is 0 Å². The van der Waals surface area contributed by atoms with E-state index in [1.165, 1.54) is 38.3 Å². The van der Waals surface area contributed by atoms with Gasteiger partial charge in [-0.25, -0.2) is 4.39 Å². The minimum atomic E-state index is -0.693. The van der Waals surface area contributed by atoms with Crippen LogP contribution in [0.3, 0.4) is 0 Å². The second kappa shape index (κ2) is 5.66. The fourth-order valence-corrected chi connectivity index (χ4v) is 6.81. The number of carbonyl (C=O) groups excluding carboxylic acids is 2. The van der Waals surface area contributed by atoms with Gasteiger partial charge in [-0.1, -0.05) is 12.1 Å². The molecule has 1 heterocycles. The maximum absolute atomic E-state index is 14.0. The zero-order valence-corrected chi connectivity index (χ0v) is 15.5. The first-order valence-corrected chi connectivity index (χ1v) is 9.91. The fraction of sp³-hybridized carbons (Fsp3) is 0.545. The molecule has 27 heavy (non-hydrogen) atoms. The second-order valence-electron chi connectivity index (χ2n) is 9.09. The molecular weight excluding hydrogens is 345 g/mol. The first-order chi connectivity index (χ1) is 12.9. The molecule has 6 rings (SSSR count). The van der Waals surface area contributed by atoms with Crippen molar-refractivity contribution in [3.8, 4) is 0 Å². The van der Waals surface area contributed by atoms with Gasteiger partial charge >= 0.3 is 0 Å². The first kappa shape index (κ1) is 17.0. The van der Waals surface area contributed by atoms with E-state index in [2.05, 4.69) is 0 Å². The number of halogens is 1. The van der Waals surface area contributed by atoms with Crippen molar-refractivity contribution in [2.45, 2.75) is 57.0 Å². The molecule has 4 nitrogen and oxygen atoms in total. The van der Waals surface area contributed by atoms with Crippen LogP contribution in [0.2, 0.25) is 0 Å². The smallest absolute Gasteiger partial charge is 0.290 e. The lowest BCUT2D eigenvalue weighted by atomic mass is 9.52. The predicted octanol–water partition coefficient (Wildman–Crippen LogP) is 4.08. The van der Waals surface area contributed by atoms with Crippen LogP contribution in [-0.2, 0) is 9.59 Å². The van der Waals surface area contributed by atoms with Crippen LogP contribution in [0, 0.1) is 23.6 Å². The third-order valence-electron chi connectivity index (χ3n) is 7.27. The molecule has 0 unspecified atom stereocenters. The Morgan fingerprint density at radius 1 is 1.15 bits per heavy atom. The van der Waals surface area contributed by atoms with Crippen molar-refractivity contribution in [2.24, 2.45) is 17.8 Å². The van der Waals surface area contributed by atoms with Gasteiger partial charge < -0.3 is 10.0 Å². The van der Waals surface area contributed by atoms with Gasteiger partial charge in [-0.05, 0) is 80.9 Å². The van der Waals surface area contributed by atoms with Gasteiger partial charge in [-0.2, -0.15) is 0 Å². The van der Waals surface area contributed by atoms with Crippen molar-refractivity contribution >= 4 is 11.7 Å². The normalized spacial score (nSPS) is 37.4. The van der Waals surface area contributed by atoms with E-state index in [0.29, 0.717) is 23.3 Å². The number of rotatable bonds is 3. The van der Waals surface area contributed by atoms with E-state index >= 15 is 0 Å². The van der Waals surface area contributed by atoms with E-state index in [1.807, 2.05) is 0 Å². The number of aliphatic hydroxyl groups is 1. The van der Waals surface area contributed by atoms with Gasteiger partial charge in [0.2, 0.25) is 0 Å². The Labute approximate surface area is 158 Å². The average molecular weight is 369 g/mol. The molecular formula is C22H24FNO3. The zero-order valence-electron chi connectivity index (χ0n) is 15.5. The third-order valence-corrected chi connectivity index (χ3v) is 7.27. The lowest BCUT2D eigenvalue weighted by molar-refractivity contribution is -0.150. The van der Waals surface area contributed by atoms with Crippen LogP contribution < -0.4 is 0 Å². The summed E-state index contributed by atoms with van der Waals surface area (Å²) >= 11 is 0. The molecule has 1 amide bonds. The molecule has 5 heteroatoms. The zero-order chi connectivity index (χ0) is 18.9. The topological polar surface area (TPSA) is 57.6 Å². The Hall–Kier alpha value is -2.17. The van der Waals surface area contributed by atoms with Gasteiger partial charge in [-0.15, -0.1) is 0 Å². The minimum Gasteiger partial charge on any atom is -0.503 e. The number of nitrogens with zero attached hydrogens (tertiary/aromatic N) is 1. The summed E-state index contributed by atoms with van der Waals surface area (Å²) in [5.41, 5.74) is 0.350. The van der Waals surface area contributed by atoms with Crippen molar-refractivity contribution < 1.29 is 19.1 Å². The van der Waals surface area contributed by atoms with Crippen LogP contribution in [0.4, 0.5) is 4.39 Å². The maximum atomic E-state index is 14.0. The molecule has 0 radical (unpaired) electrons. The Balaban J connectivity index is 1.64. The quantitative estimate of drug-likeness (QED) is 0.873. The summed E-state index contributed by atoms with van der Waals surface area (Å²) in [7, 11) is 0. The molecule has 0 spiro atoms. The number of hydrogen-bond acceptors (Lipinski definition) is 3. The van der Waals surface area contributed by atoms with Crippen LogP contribution in [0.5, 0.6) is 0 Å². The lowest BCUT2D eigenvalue weighted by Crippen LogP contribution is -2.61. The Bertz CT molecular complexity index is 839. The summed E-state index contributed by atoms with van der Waals surface area (Å²) in [6, 6.07) is 5.39. The molecule has 5 aliphatic rings. The SMILES string of the molecule is CC(=O)C1=C(O)C(=O)N(C23CC4CC(CC(C4)C2)C3)[C@@H]1c1cccc(F)c1. The summed E-state index contributed by atoms with van der Waals surface area (Å²) in [5.74, 6) is 0.188. The lowest BCUT2D eigenvalue weighted by Gasteiger charge is -2.60. The van der Waals surface area contributed by atoms with Gasteiger partial charge in [0.15, 0.2) is 11.5 Å². The highest BCUT2D eigenvalue weighted by molar-refractivity contribution is 6.08. The first-order valence-electron chi connectivity index (χ1n) is 9.91. The number of hydrogen-bond donors (Lipinski definition) is 1. The summed E-state index contributed by atoms with van der Waals surface area (Å²) in [5, 5.41) is 10.6. The summed E-state index contributed by atoms with van der Waals surface area (Å²) < 4.78 is 14.0. The molecule has 1 aromatic carbocycles. The predicted molar refractivity (Wildman–Crippen MR) is 97.2 cm³/mol. The number of amides is 1. The van der Waals surface area contributed by atoms with E-state index < -0.39 is 23.5 Å². The van der Waals surface area contributed by atoms with Crippen LogP contribution in [0.25, 0.3) is 0 Å². The van der Waals surface area contributed by atoms with E-state index in [4.69, 9.17) is 0 Å². The Morgan fingerprint density at radius 3 is 2.26 bits per heavy atom. The molecule has 142 valence electrons. The number of Topliss-reactive ketones (excluding diaryl/α,β-unsaturated/α-hetero) is 1. The van der Waals surface area contributed by atoms with Gasteiger partial charge in [0.05, 0.1) is 11.6 Å². The molecule has 4 aliphatic carbocycles. The number of benzene rings is 1. The highest BCUT2D eigenvalue weighted by Crippen LogP contribution is 2.60. The molecule has 4 fully saturated rings. The minimum absolute atomic E-state index is 0.112. The molecule has 1 atom stereocenters. The third kappa shape index (κ3) is 2.40. The Morgan fingerprint density at radius 2 is 1.74 bits per heavy atom. The number of aliphatic hydroxyl groups excluding tert-OH is 1. The van der Waals surface area contributed by atoms with E-state index in [-0.39, 0.29) is 16.9 Å².